The lowest BCUT2D eigenvalue weighted by Crippen LogP contribution is -2.22. The van der Waals surface area contributed by atoms with Gasteiger partial charge in [0, 0.05) is 24.8 Å². The summed E-state index contributed by atoms with van der Waals surface area (Å²) in [5.41, 5.74) is 1.04. The molecule has 0 radical (unpaired) electrons. The molecule has 0 unspecified atom stereocenters. The lowest BCUT2D eigenvalue weighted by atomic mass is 10.1. The van der Waals surface area contributed by atoms with Crippen LogP contribution in [0.15, 0.2) is 12.3 Å². The van der Waals surface area contributed by atoms with Crippen molar-refractivity contribution in [3.8, 4) is 5.88 Å². The minimum Gasteiger partial charge on any atom is -0.478 e. The molecule has 1 aromatic heterocycles. The van der Waals surface area contributed by atoms with Crippen molar-refractivity contribution in [1.29, 1.82) is 0 Å². The predicted octanol–water partition coefficient (Wildman–Crippen LogP) is 4.97. The van der Waals surface area contributed by atoms with E-state index >= 15 is 0 Å². The number of unbranched alkanes of at least 4 members (excludes halogenated alkanes) is 5. The van der Waals surface area contributed by atoms with Crippen LogP contribution in [0, 0.1) is 0 Å². The topological polar surface area (TPSA) is 34.1 Å². The molecular formula is C17H29ClN2O. The van der Waals surface area contributed by atoms with Crippen LogP contribution in [-0.2, 0) is 6.54 Å². The first-order valence-electron chi connectivity index (χ1n) is 8.14. The van der Waals surface area contributed by atoms with Gasteiger partial charge in [0.15, 0.2) is 0 Å². The van der Waals surface area contributed by atoms with Crippen LogP contribution in [0.1, 0.15) is 64.9 Å². The van der Waals surface area contributed by atoms with E-state index in [1.54, 1.807) is 6.20 Å². The Balaban J connectivity index is 2.30. The third-order valence-corrected chi connectivity index (χ3v) is 3.70. The molecule has 0 amide bonds. The zero-order chi connectivity index (χ0) is 15.5. The molecule has 0 spiro atoms. The monoisotopic (exact) mass is 312 g/mol. The fourth-order valence-corrected chi connectivity index (χ4v) is 2.22. The van der Waals surface area contributed by atoms with E-state index in [0.29, 0.717) is 16.9 Å². The van der Waals surface area contributed by atoms with Gasteiger partial charge in [-0.1, -0.05) is 64.5 Å². The molecule has 0 aromatic carbocycles. The first-order valence-corrected chi connectivity index (χ1v) is 8.52. The number of nitrogens with one attached hydrogen (secondary N) is 1. The molecule has 4 heteroatoms. The van der Waals surface area contributed by atoms with Crippen molar-refractivity contribution in [2.45, 2.75) is 71.9 Å². The maximum atomic E-state index is 6.15. The number of nitrogens with zero attached hydrogens (tertiary/aromatic N) is 1. The van der Waals surface area contributed by atoms with Gasteiger partial charge in [-0.3, -0.25) is 0 Å². The highest BCUT2D eigenvalue weighted by atomic mass is 35.5. The highest BCUT2D eigenvalue weighted by molar-refractivity contribution is 6.31. The van der Waals surface area contributed by atoms with Crippen LogP contribution in [-0.4, -0.2) is 17.6 Å². The fourth-order valence-electron chi connectivity index (χ4n) is 2.05. The number of hydrogen-bond donors (Lipinski definition) is 1. The van der Waals surface area contributed by atoms with Gasteiger partial charge < -0.3 is 10.1 Å². The van der Waals surface area contributed by atoms with Gasteiger partial charge >= 0.3 is 0 Å². The van der Waals surface area contributed by atoms with E-state index < -0.39 is 0 Å². The first-order chi connectivity index (χ1) is 10.1. The van der Waals surface area contributed by atoms with Crippen LogP contribution in [0.4, 0.5) is 0 Å². The molecule has 0 saturated heterocycles. The maximum Gasteiger partial charge on any atom is 0.213 e. The highest BCUT2D eigenvalue weighted by Gasteiger charge is 2.05. The van der Waals surface area contributed by atoms with Gasteiger partial charge in [0.1, 0.15) is 0 Å². The number of rotatable bonds is 11. The summed E-state index contributed by atoms with van der Waals surface area (Å²) in [6.45, 7) is 7.95. The van der Waals surface area contributed by atoms with E-state index in [-0.39, 0.29) is 0 Å². The molecule has 0 aliphatic rings. The molecule has 0 bridgehead atoms. The normalized spacial score (nSPS) is 11.1. The predicted molar refractivity (Wildman–Crippen MR) is 90.1 cm³/mol. The second-order valence-corrected chi connectivity index (χ2v) is 6.17. The van der Waals surface area contributed by atoms with Crippen LogP contribution < -0.4 is 10.1 Å². The summed E-state index contributed by atoms with van der Waals surface area (Å²) in [6.07, 6.45) is 9.26. The molecule has 0 saturated carbocycles. The molecule has 21 heavy (non-hydrogen) atoms. The summed E-state index contributed by atoms with van der Waals surface area (Å²) >= 11 is 6.15. The Morgan fingerprint density at radius 1 is 1.19 bits per heavy atom. The Bertz CT molecular complexity index is 396. The first kappa shape index (κ1) is 18.2. The lowest BCUT2D eigenvalue weighted by Gasteiger charge is -2.11. The summed E-state index contributed by atoms with van der Waals surface area (Å²) in [7, 11) is 0. The minimum atomic E-state index is 0.432. The standard InChI is InChI=1S/C17H29ClN2O/c1-4-5-6-7-8-9-10-21-17-11-15(12-19-14(2)3)16(18)13-20-17/h11,13-14,19H,4-10,12H2,1-3H3. The van der Waals surface area contributed by atoms with Gasteiger partial charge in [-0.05, 0) is 12.0 Å². The second-order valence-electron chi connectivity index (χ2n) is 5.77. The SMILES string of the molecule is CCCCCCCCOc1cc(CNC(C)C)c(Cl)cn1. The van der Waals surface area contributed by atoms with Crippen LogP contribution in [0.2, 0.25) is 5.02 Å². The summed E-state index contributed by atoms with van der Waals surface area (Å²) < 4.78 is 5.72. The Morgan fingerprint density at radius 3 is 2.62 bits per heavy atom. The van der Waals surface area contributed by atoms with E-state index in [2.05, 4.69) is 31.1 Å². The number of ether oxygens (including phenoxy) is 1. The van der Waals surface area contributed by atoms with E-state index in [9.17, 15) is 0 Å². The fraction of sp³-hybridized carbons (Fsp3) is 0.706. The van der Waals surface area contributed by atoms with Crippen molar-refractivity contribution in [2.75, 3.05) is 6.61 Å². The lowest BCUT2D eigenvalue weighted by molar-refractivity contribution is 0.293. The van der Waals surface area contributed by atoms with Gasteiger partial charge in [-0.2, -0.15) is 0 Å². The van der Waals surface area contributed by atoms with Gasteiger partial charge in [-0.15, -0.1) is 0 Å². The maximum absolute atomic E-state index is 6.15. The van der Waals surface area contributed by atoms with Gasteiger partial charge in [0.2, 0.25) is 5.88 Å². The molecule has 1 N–H and O–H groups in total. The Kier molecular flexibility index (Phi) is 9.44. The van der Waals surface area contributed by atoms with Gasteiger partial charge in [0.05, 0.1) is 11.6 Å². The molecule has 120 valence electrons. The van der Waals surface area contributed by atoms with Crippen molar-refractivity contribution in [3.63, 3.8) is 0 Å². The van der Waals surface area contributed by atoms with E-state index in [1.807, 2.05) is 6.07 Å². The molecule has 1 rings (SSSR count). The summed E-state index contributed by atoms with van der Waals surface area (Å²) in [5, 5.41) is 4.05. The van der Waals surface area contributed by atoms with Crippen LogP contribution in [0.3, 0.4) is 0 Å². The average molecular weight is 313 g/mol. The Hall–Kier alpha value is -0.800. The molecule has 0 aliphatic carbocycles. The largest absolute Gasteiger partial charge is 0.478 e. The zero-order valence-electron chi connectivity index (χ0n) is 13.6. The number of aromatic nitrogens is 1. The molecule has 1 heterocycles. The van der Waals surface area contributed by atoms with E-state index in [1.165, 1.54) is 32.1 Å². The Morgan fingerprint density at radius 2 is 1.90 bits per heavy atom. The highest BCUT2D eigenvalue weighted by Crippen LogP contribution is 2.19. The Labute approximate surface area is 134 Å². The summed E-state index contributed by atoms with van der Waals surface area (Å²) in [5.74, 6) is 0.675. The van der Waals surface area contributed by atoms with Crippen molar-refractivity contribution in [3.05, 3.63) is 22.8 Å². The summed E-state index contributed by atoms with van der Waals surface area (Å²) in [4.78, 5) is 4.23. The smallest absolute Gasteiger partial charge is 0.213 e. The third kappa shape index (κ3) is 8.27. The van der Waals surface area contributed by atoms with E-state index in [4.69, 9.17) is 16.3 Å². The van der Waals surface area contributed by atoms with Gasteiger partial charge in [-0.25, -0.2) is 4.98 Å². The zero-order valence-corrected chi connectivity index (χ0v) is 14.4. The van der Waals surface area contributed by atoms with Crippen molar-refractivity contribution in [2.24, 2.45) is 0 Å². The quantitative estimate of drug-likeness (QED) is 0.586. The number of halogens is 1. The summed E-state index contributed by atoms with van der Waals surface area (Å²) in [6, 6.07) is 2.37. The molecule has 1 aromatic rings. The van der Waals surface area contributed by atoms with Crippen LogP contribution >= 0.6 is 11.6 Å². The number of pyridine rings is 1. The van der Waals surface area contributed by atoms with Gasteiger partial charge in [0.25, 0.3) is 0 Å². The number of hydrogen-bond acceptors (Lipinski definition) is 3. The van der Waals surface area contributed by atoms with Crippen molar-refractivity contribution in [1.82, 2.24) is 10.3 Å². The van der Waals surface area contributed by atoms with Crippen molar-refractivity contribution < 1.29 is 4.74 Å². The molecule has 0 aliphatic heterocycles. The van der Waals surface area contributed by atoms with E-state index in [0.717, 1.165) is 25.1 Å². The second kappa shape index (κ2) is 10.9. The molecule has 0 fully saturated rings. The third-order valence-electron chi connectivity index (χ3n) is 3.36. The van der Waals surface area contributed by atoms with Crippen LogP contribution in [0.5, 0.6) is 5.88 Å². The minimum absolute atomic E-state index is 0.432. The molecule has 0 atom stereocenters. The molecular weight excluding hydrogens is 284 g/mol. The molecule has 3 nitrogen and oxygen atoms in total. The van der Waals surface area contributed by atoms with Crippen LogP contribution in [0.25, 0.3) is 0 Å². The average Bonchev–Trinajstić information content (AvgIpc) is 2.46. The van der Waals surface area contributed by atoms with Crippen molar-refractivity contribution >= 4 is 11.6 Å².